The third kappa shape index (κ3) is 2.26. The van der Waals surface area contributed by atoms with Crippen LogP contribution >= 0.6 is 0 Å². The van der Waals surface area contributed by atoms with Gasteiger partial charge in [-0.2, -0.15) is 0 Å². The Bertz CT molecular complexity index is 655. The lowest BCUT2D eigenvalue weighted by molar-refractivity contribution is -0.137. The molecule has 0 aliphatic heterocycles. The number of aryl methyl sites for hydroxylation is 1. The van der Waals surface area contributed by atoms with Crippen LogP contribution in [0.2, 0.25) is 0 Å². The Kier molecular flexibility index (Phi) is 3.16. The number of carbonyl (C=O) groups is 1. The molecule has 1 aromatic carbocycles. The van der Waals surface area contributed by atoms with Crippen molar-refractivity contribution < 1.29 is 14.6 Å². The van der Waals surface area contributed by atoms with E-state index in [-0.39, 0.29) is 12.3 Å². The zero-order valence-corrected chi connectivity index (χ0v) is 11.8. The molecule has 1 saturated carbocycles. The molecule has 0 bridgehead atoms. The molecule has 0 spiro atoms. The summed E-state index contributed by atoms with van der Waals surface area (Å²) in [5.41, 5.74) is 3.23. The smallest absolute Gasteiger partial charge is 0.303 e. The summed E-state index contributed by atoms with van der Waals surface area (Å²) >= 11 is 0. The second-order valence-electron chi connectivity index (χ2n) is 5.66. The van der Waals surface area contributed by atoms with Crippen molar-refractivity contribution in [3.05, 3.63) is 29.5 Å². The fraction of sp³-hybridized carbons (Fsp3) is 0.438. The summed E-state index contributed by atoms with van der Waals surface area (Å²) in [6.07, 6.45) is 4.41. The van der Waals surface area contributed by atoms with Crippen molar-refractivity contribution in [1.82, 2.24) is 4.98 Å². The van der Waals surface area contributed by atoms with Crippen LogP contribution < -0.4 is 4.74 Å². The minimum Gasteiger partial charge on any atom is -0.495 e. The monoisotopic (exact) mass is 273 g/mol. The van der Waals surface area contributed by atoms with Gasteiger partial charge in [0.05, 0.1) is 19.0 Å². The number of aromatic amines is 1. The van der Waals surface area contributed by atoms with Gasteiger partial charge in [0.1, 0.15) is 5.75 Å². The zero-order valence-electron chi connectivity index (χ0n) is 11.8. The van der Waals surface area contributed by atoms with Crippen LogP contribution in [-0.4, -0.2) is 23.2 Å². The summed E-state index contributed by atoms with van der Waals surface area (Å²) in [5.74, 6) is 0.668. The molecule has 1 atom stereocenters. The summed E-state index contributed by atoms with van der Waals surface area (Å²) in [6.45, 7) is 2.05. The largest absolute Gasteiger partial charge is 0.495 e. The molecule has 1 aromatic heterocycles. The molecule has 4 heteroatoms. The molecule has 1 unspecified atom stereocenters. The molecule has 1 fully saturated rings. The standard InChI is InChI=1S/C16H19NO3/c1-9-8-17-16-12(9)5-11(6-14(16)20-2)13(7-15(18)19)10-3-4-10/h5-6,8,10,13,17H,3-4,7H2,1-2H3,(H,18,19). The van der Waals surface area contributed by atoms with E-state index in [0.29, 0.717) is 5.92 Å². The van der Waals surface area contributed by atoms with Gasteiger partial charge in [0.15, 0.2) is 0 Å². The van der Waals surface area contributed by atoms with E-state index < -0.39 is 5.97 Å². The summed E-state index contributed by atoms with van der Waals surface area (Å²) in [6, 6.07) is 4.11. The van der Waals surface area contributed by atoms with Crippen molar-refractivity contribution in [1.29, 1.82) is 0 Å². The molecule has 2 aromatic rings. The first-order chi connectivity index (χ1) is 9.60. The fourth-order valence-electron chi connectivity index (χ4n) is 2.97. The number of benzene rings is 1. The van der Waals surface area contributed by atoms with E-state index in [1.165, 1.54) is 0 Å². The quantitative estimate of drug-likeness (QED) is 0.877. The molecule has 1 aliphatic rings. The third-order valence-electron chi connectivity index (χ3n) is 4.22. The van der Waals surface area contributed by atoms with Crippen LogP contribution in [0, 0.1) is 12.8 Å². The lowest BCUT2D eigenvalue weighted by atomic mass is 9.89. The summed E-state index contributed by atoms with van der Waals surface area (Å²) < 4.78 is 5.46. The van der Waals surface area contributed by atoms with Crippen molar-refractivity contribution in [2.24, 2.45) is 5.92 Å². The minimum atomic E-state index is -0.730. The van der Waals surface area contributed by atoms with E-state index in [1.807, 2.05) is 19.2 Å². The van der Waals surface area contributed by atoms with Gasteiger partial charge < -0.3 is 14.8 Å². The van der Waals surface area contributed by atoms with Crippen molar-refractivity contribution in [2.75, 3.05) is 7.11 Å². The Hall–Kier alpha value is -1.97. The number of methoxy groups -OCH3 is 1. The van der Waals surface area contributed by atoms with Crippen LogP contribution in [0.5, 0.6) is 5.75 Å². The Morgan fingerprint density at radius 2 is 2.25 bits per heavy atom. The average molecular weight is 273 g/mol. The first-order valence-corrected chi connectivity index (χ1v) is 6.97. The SMILES string of the molecule is COc1cc(C(CC(=O)O)C2CC2)cc2c(C)c[nH]c12. The van der Waals surface area contributed by atoms with Gasteiger partial charge in [-0.3, -0.25) is 4.79 Å². The van der Waals surface area contributed by atoms with Gasteiger partial charge in [-0.1, -0.05) is 0 Å². The van der Waals surface area contributed by atoms with Crippen LogP contribution in [0.3, 0.4) is 0 Å². The number of carboxylic acid groups (broad SMARTS) is 1. The number of nitrogens with one attached hydrogen (secondary N) is 1. The number of hydrogen-bond donors (Lipinski definition) is 2. The van der Waals surface area contributed by atoms with E-state index >= 15 is 0 Å². The average Bonchev–Trinajstić information content (AvgIpc) is 3.20. The normalized spacial score (nSPS) is 16.3. The maximum Gasteiger partial charge on any atom is 0.303 e. The molecule has 0 saturated heterocycles. The van der Waals surface area contributed by atoms with Crippen molar-refractivity contribution in [2.45, 2.75) is 32.1 Å². The molecule has 0 radical (unpaired) electrons. The Morgan fingerprint density at radius 3 is 2.85 bits per heavy atom. The lowest BCUT2D eigenvalue weighted by Crippen LogP contribution is -2.08. The highest BCUT2D eigenvalue weighted by molar-refractivity contribution is 5.89. The van der Waals surface area contributed by atoms with Crippen LogP contribution in [0.1, 0.15) is 36.3 Å². The summed E-state index contributed by atoms with van der Waals surface area (Å²) in [5, 5.41) is 10.3. The van der Waals surface area contributed by atoms with Gasteiger partial charge >= 0.3 is 5.97 Å². The predicted octanol–water partition coefficient (Wildman–Crippen LogP) is 3.45. The number of ether oxygens (including phenoxy) is 1. The second kappa shape index (κ2) is 4.85. The van der Waals surface area contributed by atoms with Gasteiger partial charge in [0.25, 0.3) is 0 Å². The van der Waals surface area contributed by atoms with E-state index in [0.717, 1.165) is 40.6 Å². The number of rotatable bonds is 5. The van der Waals surface area contributed by atoms with Crippen LogP contribution in [0.15, 0.2) is 18.3 Å². The number of carboxylic acids is 1. The molecule has 1 heterocycles. The van der Waals surface area contributed by atoms with Crippen molar-refractivity contribution in [3.8, 4) is 5.75 Å². The van der Waals surface area contributed by atoms with Gasteiger partial charge in [-0.05, 0) is 54.9 Å². The van der Waals surface area contributed by atoms with E-state index in [2.05, 4.69) is 11.1 Å². The Morgan fingerprint density at radius 1 is 1.50 bits per heavy atom. The number of aliphatic carboxylic acids is 1. The van der Waals surface area contributed by atoms with Crippen molar-refractivity contribution >= 4 is 16.9 Å². The predicted molar refractivity (Wildman–Crippen MR) is 77.3 cm³/mol. The molecule has 3 rings (SSSR count). The molecule has 2 N–H and O–H groups in total. The topological polar surface area (TPSA) is 62.3 Å². The number of aromatic nitrogens is 1. The zero-order chi connectivity index (χ0) is 14.3. The minimum absolute atomic E-state index is 0.0973. The van der Waals surface area contributed by atoms with E-state index in [4.69, 9.17) is 9.84 Å². The molecule has 1 aliphatic carbocycles. The van der Waals surface area contributed by atoms with Crippen LogP contribution in [0.4, 0.5) is 0 Å². The highest BCUT2D eigenvalue weighted by atomic mass is 16.5. The molecule has 106 valence electrons. The van der Waals surface area contributed by atoms with Crippen LogP contribution in [0.25, 0.3) is 10.9 Å². The molecular weight excluding hydrogens is 254 g/mol. The summed E-state index contributed by atoms with van der Waals surface area (Å²) in [4.78, 5) is 14.3. The van der Waals surface area contributed by atoms with Gasteiger partial charge in [0, 0.05) is 11.6 Å². The van der Waals surface area contributed by atoms with Crippen LogP contribution in [-0.2, 0) is 4.79 Å². The Balaban J connectivity index is 2.09. The maximum absolute atomic E-state index is 11.1. The van der Waals surface area contributed by atoms with Gasteiger partial charge in [-0.25, -0.2) is 0 Å². The van der Waals surface area contributed by atoms with Crippen molar-refractivity contribution in [3.63, 3.8) is 0 Å². The highest BCUT2D eigenvalue weighted by Gasteiger charge is 2.34. The van der Waals surface area contributed by atoms with Gasteiger partial charge in [-0.15, -0.1) is 0 Å². The maximum atomic E-state index is 11.1. The third-order valence-corrected chi connectivity index (χ3v) is 4.22. The number of fused-ring (bicyclic) bond motifs is 1. The number of H-pyrrole nitrogens is 1. The first kappa shape index (κ1) is 13.0. The highest BCUT2D eigenvalue weighted by Crippen LogP contribution is 2.46. The van der Waals surface area contributed by atoms with E-state index in [1.54, 1.807) is 7.11 Å². The first-order valence-electron chi connectivity index (χ1n) is 6.97. The fourth-order valence-corrected chi connectivity index (χ4v) is 2.97. The molecule has 0 amide bonds. The van der Waals surface area contributed by atoms with Gasteiger partial charge in [0.2, 0.25) is 0 Å². The lowest BCUT2D eigenvalue weighted by Gasteiger charge is -2.16. The second-order valence-corrected chi connectivity index (χ2v) is 5.66. The van der Waals surface area contributed by atoms with E-state index in [9.17, 15) is 4.79 Å². The molecule has 4 nitrogen and oxygen atoms in total. The molecular formula is C16H19NO3. The Labute approximate surface area is 117 Å². The molecule has 20 heavy (non-hydrogen) atoms. The summed E-state index contributed by atoms with van der Waals surface area (Å²) in [7, 11) is 1.65. The number of hydrogen-bond acceptors (Lipinski definition) is 2.